The van der Waals surface area contributed by atoms with Gasteiger partial charge in [0.05, 0.1) is 18.2 Å². The number of amides is 2. The summed E-state index contributed by atoms with van der Waals surface area (Å²) >= 11 is 0. The van der Waals surface area contributed by atoms with Crippen LogP contribution in [0.5, 0.6) is 0 Å². The predicted octanol–water partition coefficient (Wildman–Crippen LogP) is 3.11. The molecule has 0 radical (unpaired) electrons. The van der Waals surface area contributed by atoms with E-state index in [9.17, 15) is 4.79 Å². The van der Waals surface area contributed by atoms with E-state index >= 15 is 0 Å². The van der Waals surface area contributed by atoms with Crippen molar-refractivity contribution in [2.75, 3.05) is 32.1 Å². The number of hydrazone groups is 1. The van der Waals surface area contributed by atoms with Gasteiger partial charge in [0.15, 0.2) is 5.84 Å². The summed E-state index contributed by atoms with van der Waals surface area (Å²) in [6.07, 6.45) is 2.09. The van der Waals surface area contributed by atoms with E-state index < -0.39 is 0 Å². The number of carbonyl (C=O) groups is 1. The second-order valence-corrected chi connectivity index (χ2v) is 8.13. The number of methoxy groups -OCH3 is 1. The first-order valence-corrected chi connectivity index (χ1v) is 10.8. The highest BCUT2D eigenvalue weighted by molar-refractivity contribution is 6.01. The number of amidine groups is 1. The van der Waals surface area contributed by atoms with Gasteiger partial charge in [-0.3, -0.25) is 5.43 Å². The van der Waals surface area contributed by atoms with E-state index in [0.29, 0.717) is 24.6 Å². The Bertz CT molecular complexity index is 1040. The molecule has 4 rings (SSSR count). The second kappa shape index (κ2) is 9.71. The number of hydrogen-bond acceptors (Lipinski definition) is 6. The minimum Gasteiger partial charge on any atom is -0.383 e. The van der Waals surface area contributed by atoms with Crippen LogP contribution in [-0.4, -0.2) is 49.7 Å². The smallest absolute Gasteiger partial charge is 0.319 e. The van der Waals surface area contributed by atoms with Gasteiger partial charge in [0.2, 0.25) is 0 Å². The molecule has 8 nitrogen and oxygen atoms in total. The number of urea groups is 1. The number of carbonyl (C=O) groups excluding carboxylic acids is 1. The van der Waals surface area contributed by atoms with Crippen molar-refractivity contribution in [3.63, 3.8) is 0 Å². The van der Waals surface area contributed by atoms with Gasteiger partial charge in [-0.2, -0.15) is 10.4 Å². The summed E-state index contributed by atoms with van der Waals surface area (Å²) in [4.78, 5) is 14.5. The predicted molar refractivity (Wildman–Crippen MR) is 123 cm³/mol. The minimum atomic E-state index is -0.255. The first kappa shape index (κ1) is 21.7. The van der Waals surface area contributed by atoms with Gasteiger partial charge in [0.25, 0.3) is 0 Å². The van der Waals surface area contributed by atoms with Gasteiger partial charge >= 0.3 is 6.03 Å². The summed E-state index contributed by atoms with van der Waals surface area (Å²) in [5.74, 6) is 1.33. The van der Waals surface area contributed by atoms with Gasteiger partial charge in [0, 0.05) is 31.5 Å². The average Bonchev–Trinajstić information content (AvgIpc) is 3.24. The molecule has 0 saturated carbocycles. The third kappa shape index (κ3) is 4.68. The molecule has 0 aromatic heterocycles. The SMILES string of the molecule is COCCNC(=O)Nc1cc(C2=NNC3CC(c4ccc(C#N)cc4)CCN23)ccc1C. The van der Waals surface area contributed by atoms with Crippen molar-refractivity contribution < 1.29 is 9.53 Å². The normalized spacial score (nSPS) is 19.4. The van der Waals surface area contributed by atoms with E-state index in [1.54, 1.807) is 7.11 Å². The summed E-state index contributed by atoms with van der Waals surface area (Å²) < 4.78 is 4.97. The van der Waals surface area contributed by atoms with Crippen LogP contribution >= 0.6 is 0 Å². The van der Waals surface area contributed by atoms with Crippen molar-refractivity contribution in [3.05, 3.63) is 64.7 Å². The zero-order valence-electron chi connectivity index (χ0n) is 18.4. The summed E-state index contributed by atoms with van der Waals surface area (Å²) in [7, 11) is 1.60. The summed E-state index contributed by atoms with van der Waals surface area (Å²) in [5, 5.41) is 19.3. The van der Waals surface area contributed by atoms with Crippen LogP contribution in [0.15, 0.2) is 47.6 Å². The summed E-state index contributed by atoms with van der Waals surface area (Å²) in [5.41, 5.74) is 7.95. The molecule has 2 unspecified atom stereocenters. The van der Waals surface area contributed by atoms with Crippen LogP contribution in [0.3, 0.4) is 0 Å². The summed E-state index contributed by atoms with van der Waals surface area (Å²) in [6, 6.07) is 15.8. The number of ether oxygens (including phenoxy) is 1. The molecule has 2 aliphatic heterocycles. The Morgan fingerprint density at radius 1 is 1.31 bits per heavy atom. The van der Waals surface area contributed by atoms with E-state index in [0.717, 1.165) is 42.0 Å². The van der Waals surface area contributed by atoms with Crippen LogP contribution in [0.4, 0.5) is 10.5 Å². The number of fused-ring (bicyclic) bond motifs is 1. The van der Waals surface area contributed by atoms with Gasteiger partial charge in [-0.05, 0) is 55.0 Å². The topological polar surface area (TPSA) is 102 Å². The number of aryl methyl sites for hydroxylation is 1. The number of benzene rings is 2. The number of nitriles is 1. The number of nitrogens with one attached hydrogen (secondary N) is 3. The lowest BCUT2D eigenvalue weighted by Crippen LogP contribution is -2.46. The van der Waals surface area contributed by atoms with Crippen LogP contribution in [0.1, 0.15) is 41.0 Å². The fourth-order valence-electron chi connectivity index (χ4n) is 4.23. The zero-order chi connectivity index (χ0) is 22.5. The van der Waals surface area contributed by atoms with Crippen molar-refractivity contribution >= 4 is 17.6 Å². The van der Waals surface area contributed by atoms with Crippen LogP contribution in [-0.2, 0) is 4.74 Å². The molecule has 1 fully saturated rings. The first-order valence-electron chi connectivity index (χ1n) is 10.8. The van der Waals surface area contributed by atoms with Crippen LogP contribution in [0.2, 0.25) is 0 Å². The van der Waals surface area contributed by atoms with Gasteiger partial charge in [-0.15, -0.1) is 0 Å². The van der Waals surface area contributed by atoms with E-state index in [1.807, 2.05) is 37.3 Å². The fraction of sp³-hybridized carbons (Fsp3) is 0.375. The molecule has 2 heterocycles. The van der Waals surface area contributed by atoms with Crippen molar-refractivity contribution in [3.8, 4) is 6.07 Å². The van der Waals surface area contributed by atoms with Crippen LogP contribution < -0.4 is 16.1 Å². The van der Waals surface area contributed by atoms with E-state index in [2.05, 4.69) is 44.3 Å². The number of anilines is 1. The maximum absolute atomic E-state index is 12.2. The Morgan fingerprint density at radius 2 is 2.12 bits per heavy atom. The Kier molecular flexibility index (Phi) is 6.57. The van der Waals surface area contributed by atoms with Crippen LogP contribution in [0, 0.1) is 18.3 Å². The molecule has 0 bridgehead atoms. The maximum atomic E-state index is 12.2. The minimum absolute atomic E-state index is 0.134. The molecule has 2 amide bonds. The highest BCUT2D eigenvalue weighted by Crippen LogP contribution is 2.34. The van der Waals surface area contributed by atoms with Gasteiger partial charge in [-0.1, -0.05) is 24.3 Å². The molecule has 0 spiro atoms. The zero-order valence-corrected chi connectivity index (χ0v) is 18.4. The number of piperidine rings is 1. The van der Waals surface area contributed by atoms with E-state index in [4.69, 9.17) is 10.00 Å². The van der Waals surface area contributed by atoms with E-state index in [-0.39, 0.29) is 12.2 Å². The average molecular weight is 433 g/mol. The maximum Gasteiger partial charge on any atom is 0.319 e. The second-order valence-electron chi connectivity index (χ2n) is 8.13. The van der Waals surface area contributed by atoms with Gasteiger partial charge in [-0.25, -0.2) is 4.79 Å². The lowest BCUT2D eigenvalue weighted by atomic mass is 9.87. The number of nitrogens with zero attached hydrogens (tertiary/aromatic N) is 3. The van der Waals surface area contributed by atoms with Crippen molar-refractivity contribution in [2.24, 2.45) is 5.10 Å². The molecule has 3 N–H and O–H groups in total. The van der Waals surface area contributed by atoms with Crippen molar-refractivity contribution in [1.29, 1.82) is 5.26 Å². The largest absolute Gasteiger partial charge is 0.383 e. The quantitative estimate of drug-likeness (QED) is 0.609. The summed E-state index contributed by atoms with van der Waals surface area (Å²) in [6.45, 7) is 3.77. The van der Waals surface area contributed by atoms with Crippen molar-refractivity contribution in [2.45, 2.75) is 31.8 Å². The molecular weight excluding hydrogens is 404 g/mol. The first-order chi connectivity index (χ1) is 15.6. The molecule has 2 aliphatic rings. The van der Waals surface area contributed by atoms with E-state index in [1.165, 1.54) is 5.56 Å². The third-order valence-corrected chi connectivity index (χ3v) is 6.04. The highest BCUT2D eigenvalue weighted by Gasteiger charge is 2.35. The Labute approximate surface area is 188 Å². The third-order valence-electron chi connectivity index (χ3n) is 6.04. The lowest BCUT2D eigenvalue weighted by molar-refractivity contribution is 0.198. The Hall–Kier alpha value is -3.57. The molecule has 1 saturated heterocycles. The van der Waals surface area contributed by atoms with Gasteiger partial charge < -0.3 is 20.3 Å². The standard InChI is InChI=1S/C24H28N6O2/c1-16-3-6-20(13-21(16)27-24(31)26-10-12-32-2)23-29-28-22-14-19(9-11-30(22)23)18-7-4-17(15-25)5-8-18/h3-8,13,19,22,28H,9-12,14H2,1-2H3,(H2,26,27,31). The molecule has 32 heavy (non-hydrogen) atoms. The fourth-order valence-corrected chi connectivity index (χ4v) is 4.23. The number of hydrogen-bond donors (Lipinski definition) is 3. The Morgan fingerprint density at radius 3 is 2.88 bits per heavy atom. The molecule has 0 aliphatic carbocycles. The molecular formula is C24H28N6O2. The molecule has 2 atom stereocenters. The highest BCUT2D eigenvalue weighted by atomic mass is 16.5. The van der Waals surface area contributed by atoms with Gasteiger partial charge in [0.1, 0.15) is 6.17 Å². The lowest BCUT2D eigenvalue weighted by Gasteiger charge is -2.36. The van der Waals surface area contributed by atoms with Crippen molar-refractivity contribution in [1.82, 2.24) is 15.6 Å². The molecule has 8 heteroatoms. The molecule has 2 aromatic carbocycles. The monoisotopic (exact) mass is 432 g/mol. The molecule has 2 aromatic rings. The number of rotatable bonds is 6. The molecule has 166 valence electrons. The Balaban J connectivity index is 1.42. The van der Waals surface area contributed by atoms with Crippen LogP contribution in [0.25, 0.3) is 0 Å².